The van der Waals surface area contributed by atoms with E-state index in [1.165, 1.54) is 24.0 Å². The van der Waals surface area contributed by atoms with Gasteiger partial charge in [-0.1, -0.05) is 60.7 Å². The first-order valence-corrected chi connectivity index (χ1v) is 8.31. The summed E-state index contributed by atoms with van der Waals surface area (Å²) in [6.07, 6.45) is 2.51. The second-order valence-corrected chi connectivity index (χ2v) is 6.51. The van der Waals surface area contributed by atoms with Crippen LogP contribution in [0.25, 0.3) is 0 Å². The zero-order chi connectivity index (χ0) is 15.0. The minimum Gasteiger partial charge on any atom is -0.420 e. The van der Waals surface area contributed by atoms with Crippen molar-refractivity contribution < 1.29 is 4.65 Å². The van der Waals surface area contributed by atoms with E-state index in [0.717, 1.165) is 13.2 Å². The van der Waals surface area contributed by atoms with Gasteiger partial charge in [0.15, 0.2) is 0 Å². The molecule has 0 radical (unpaired) electrons. The fourth-order valence-corrected chi connectivity index (χ4v) is 4.39. The predicted octanol–water partition coefficient (Wildman–Crippen LogP) is 3.59. The van der Waals surface area contributed by atoms with Crippen molar-refractivity contribution in [1.29, 1.82) is 0 Å². The molecule has 2 saturated heterocycles. The molecule has 112 valence electrons. The fraction of sp³-hybridized carbons (Fsp3) is 0.368. The van der Waals surface area contributed by atoms with E-state index in [2.05, 4.69) is 72.3 Å². The molecule has 0 aromatic heterocycles. The molecule has 3 heteroatoms. The van der Waals surface area contributed by atoms with Crippen LogP contribution >= 0.6 is 0 Å². The number of benzene rings is 2. The maximum atomic E-state index is 6.24. The Morgan fingerprint density at radius 2 is 1.59 bits per heavy atom. The van der Waals surface area contributed by atoms with Crippen molar-refractivity contribution in [3.63, 3.8) is 0 Å². The van der Waals surface area contributed by atoms with E-state index in [1.807, 2.05) is 0 Å². The molecular weight excluding hydrogens is 269 g/mol. The Bertz CT molecular complexity index is 591. The number of fused-ring (bicyclic) bond motifs is 1. The van der Waals surface area contributed by atoms with Gasteiger partial charge < -0.3 is 9.47 Å². The third kappa shape index (κ3) is 2.04. The lowest BCUT2D eigenvalue weighted by Gasteiger charge is -2.49. The van der Waals surface area contributed by atoms with Crippen LogP contribution in [0.15, 0.2) is 60.7 Å². The third-order valence-electron chi connectivity index (χ3n) is 5.46. The molecule has 0 saturated carbocycles. The molecule has 0 bridgehead atoms. The van der Waals surface area contributed by atoms with Gasteiger partial charge in [-0.05, 0) is 37.3 Å². The summed E-state index contributed by atoms with van der Waals surface area (Å²) in [5.74, 6) is 0. The number of hydrogen-bond donors (Lipinski definition) is 0. The standard InChI is InChI=1S/C19H22BNO/c1-20-21-14-8-13-18(21)19(15-22-20,16-9-4-2-5-10-16)17-11-6-3-7-12-17/h2-7,9-12,18H,8,13-15H2,1H3/t18-/m1/s1. The summed E-state index contributed by atoms with van der Waals surface area (Å²) in [6, 6.07) is 22.4. The van der Waals surface area contributed by atoms with E-state index in [9.17, 15) is 0 Å². The lowest BCUT2D eigenvalue weighted by Crippen LogP contribution is -2.61. The second kappa shape index (κ2) is 5.56. The summed E-state index contributed by atoms with van der Waals surface area (Å²) in [5, 5.41) is 0. The van der Waals surface area contributed by atoms with E-state index in [4.69, 9.17) is 4.65 Å². The van der Waals surface area contributed by atoms with Gasteiger partial charge in [-0.2, -0.15) is 0 Å². The van der Waals surface area contributed by atoms with Gasteiger partial charge in [-0.25, -0.2) is 0 Å². The van der Waals surface area contributed by atoms with E-state index in [0.29, 0.717) is 6.04 Å². The van der Waals surface area contributed by atoms with Crippen LogP contribution in [0.5, 0.6) is 0 Å². The van der Waals surface area contributed by atoms with E-state index >= 15 is 0 Å². The Morgan fingerprint density at radius 1 is 1.00 bits per heavy atom. The molecule has 2 fully saturated rings. The molecule has 2 heterocycles. The topological polar surface area (TPSA) is 12.5 Å². The zero-order valence-electron chi connectivity index (χ0n) is 13.1. The van der Waals surface area contributed by atoms with Crippen LogP contribution < -0.4 is 0 Å². The molecule has 1 atom stereocenters. The van der Waals surface area contributed by atoms with Crippen LogP contribution in [-0.4, -0.2) is 31.1 Å². The second-order valence-electron chi connectivity index (χ2n) is 6.51. The van der Waals surface area contributed by atoms with Gasteiger partial charge >= 0.3 is 7.05 Å². The maximum absolute atomic E-state index is 6.24. The monoisotopic (exact) mass is 291 g/mol. The molecule has 4 rings (SSSR count). The lowest BCUT2D eigenvalue weighted by molar-refractivity contribution is 0.105. The molecule has 2 aromatic carbocycles. The largest absolute Gasteiger partial charge is 0.420 e. The first-order valence-electron chi connectivity index (χ1n) is 8.31. The molecule has 0 spiro atoms. The lowest BCUT2D eigenvalue weighted by atomic mass is 9.63. The molecule has 2 nitrogen and oxygen atoms in total. The van der Waals surface area contributed by atoms with Crippen molar-refractivity contribution in [1.82, 2.24) is 4.81 Å². The van der Waals surface area contributed by atoms with Crippen molar-refractivity contribution in [2.75, 3.05) is 13.2 Å². The van der Waals surface area contributed by atoms with Crippen molar-refractivity contribution in [2.24, 2.45) is 0 Å². The highest BCUT2D eigenvalue weighted by molar-refractivity contribution is 6.47. The minimum atomic E-state index is -0.0501. The number of rotatable bonds is 2. The Balaban J connectivity index is 1.90. The SMILES string of the molecule is CB1OCC(c2ccccc2)(c2ccccc2)[C@H]2CCCN12. The van der Waals surface area contributed by atoms with Gasteiger partial charge in [0.1, 0.15) is 0 Å². The molecule has 0 amide bonds. The first kappa shape index (κ1) is 14.0. The summed E-state index contributed by atoms with van der Waals surface area (Å²) in [6.45, 7) is 4.11. The van der Waals surface area contributed by atoms with Crippen LogP contribution in [0, 0.1) is 0 Å². The molecule has 2 aliphatic rings. The van der Waals surface area contributed by atoms with Crippen molar-refractivity contribution in [3.8, 4) is 0 Å². The Morgan fingerprint density at radius 3 is 2.18 bits per heavy atom. The number of hydrogen-bond acceptors (Lipinski definition) is 2. The molecular formula is C19H22BNO. The summed E-state index contributed by atoms with van der Waals surface area (Å²) >= 11 is 0. The van der Waals surface area contributed by atoms with E-state index in [1.54, 1.807) is 0 Å². The fourth-order valence-electron chi connectivity index (χ4n) is 4.39. The highest BCUT2D eigenvalue weighted by atomic mass is 16.4. The van der Waals surface area contributed by atoms with Gasteiger partial charge in [0.25, 0.3) is 0 Å². The summed E-state index contributed by atoms with van der Waals surface area (Å²) in [5.41, 5.74) is 2.71. The van der Waals surface area contributed by atoms with E-state index < -0.39 is 0 Å². The highest BCUT2D eigenvalue weighted by Crippen LogP contribution is 2.45. The third-order valence-corrected chi connectivity index (χ3v) is 5.46. The average Bonchev–Trinajstić information content (AvgIpc) is 3.08. The molecule has 0 aliphatic carbocycles. The van der Waals surface area contributed by atoms with Gasteiger partial charge in [-0.3, -0.25) is 0 Å². The highest BCUT2D eigenvalue weighted by Gasteiger charge is 2.52. The van der Waals surface area contributed by atoms with Crippen LogP contribution in [-0.2, 0) is 10.1 Å². The van der Waals surface area contributed by atoms with Gasteiger partial charge in [0.05, 0.1) is 5.41 Å². The average molecular weight is 291 g/mol. The Labute approximate surface area is 133 Å². The van der Waals surface area contributed by atoms with Gasteiger partial charge in [0, 0.05) is 12.6 Å². The zero-order valence-corrected chi connectivity index (χ0v) is 13.1. The van der Waals surface area contributed by atoms with Crippen LogP contribution in [0.2, 0.25) is 6.82 Å². The van der Waals surface area contributed by atoms with Gasteiger partial charge in [0.2, 0.25) is 0 Å². The first-order chi connectivity index (χ1) is 10.8. The maximum Gasteiger partial charge on any atom is 0.379 e. The minimum absolute atomic E-state index is 0.0501. The summed E-state index contributed by atoms with van der Waals surface area (Å²) in [4.78, 5) is 2.56. The summed E-state index contributed by atoms with van der Waals surface area (Å²) < 4.78 is 6.24. The Kier molecular flexibility index (Phi) is 3.55. The van der Waals surface area contributed by atoms with E-state index in [-0.39, 0.29) is 12.5 Å². The molecule has 2 aromatic rings. The molecule has 2 aliphatic heterocycles. The van der Waals surface area contributed by atoms with Crippen molar-refractivity contribution >= 4 is 7.05 Å². The molecule has 22 heavy (non-hydrogen) atoms. The quantitative estimate of drug-likeness (QED) is 0.784. The van der Waals surface area contributed by atoms with Crippen LogP contribution in [0.4, 0.5) is 0 Å². The van der Waals surface area contributed by atoms with Crippen molar-refractivity contribution in [2.45, 2.75) is 31.1 Å². The molecule has 0 unspecified atom stereocenters. The predicted molar refractivity (Wildman–Crippen MR) is 91.0 cm³/mol. The Hall–Kier alpha value is -1.58. The van der Waals surface area contributed by atoms with Gasteiger partial charge in [-0.15, -0.1) is 0 Å². The number of nitrogens with zero attached hydrogens (tertiary/aromatic N) is 1. The van der Waals surface area contributed by atoms with Crippen molar-refractivity contribution in [3.05, 3.63) is 71.8 Å². The smallest absolute Gasteiger partial charge is 0.379 e. The molecule has 0 N–H and O–H groups in total. The van der Waals surface area contributed by atoms with Crippen LogP contribution in [0.3, 0.4) is 0 Å². The normalized spacial score (nSPS) is 24.2. The summed E-state index contributed by atoms with van der Waals surface area (Å²) in [7, 11) is 0.230. The van der Waals surface area contributed by atoms with Crippen LogP contribution in [0.1, 0.15) is 24.0 Å².